The zero-order chi connectivity index (χ0) is 15.5. The van der Waals surface area contributed by atoms with Gasteiger partial charge in [-0.3, -0.25) is 9.89 Å². The van der Waals surface area contributed by atoms with Gasteiger partial charge in [0.05, 0.1) is 17.1 Å². The lowest BCUT2D eigenvalue weighted by atomic mass is 10.0. The van der Waals surface area contributed by atoms with Crippen LogP contribution in [-0.2, 0) is 6.42 Å². The van der Waals surface area contributed by atoms with Crippen LogP contribution in [0.15, 0.2) is 30.3 Å². The summed E-state index contributed by atoms with van der Waals surface area (Å²) in [7, 11) is 0. The van der Waals surface area contributed by atoms with E-state index in [1.807, 2.05) is 30.3 Å². The highest BCUT2D eigenvalue weighted by molar-refractivity contribution is 6.01. The van der Waals surface area contributed by atoms with E-state index in [0.29, 0.717) is 5.82 Å². The van der Waals surface area contributed by atoms with E-state index in [9.17, 15) is 10.1 Å². The number of carbonyl (C=O) groups is 1. The Kier molecular flexibility index (Phi) is 3.71. The van der Waals surface area contributed by atoms with E-state index < -0.39 is 5.92 Å². The fourth-order valence-electron chi connectivity index (χ4n) is 2.39. The molecular weight excluding hydrogens is 278 g/mol. The number of benzene rings is 1. The van der Waals surface area contributed by atoms with Crippen LogP contribution in [-0.4, -0.2) is 25.9 Å². The number of H-pyrrole nitrogens is 2. The number of aromatic amines is 2. The van der Waals surface area contributed by atoms with Crippen LogP contribution in [0.3, 0.4) is 0 Å². The number of hydrogen-bond donors (Lipinski definition) is 2. The summed E-state index contributed by atoms with van der Waals surface area (Å²) in [6.07, 6.45) is 1.78. The molecule has 3 aromatic rings. The molecule has 2 N–H and O–H groups in total. The first-order valence-electron chi connectivity index (χ1n) is 7.15. The quantitative estimate of drug-likeness (QED) is 0.706. The third-order valence-electron chi connectivity index (χ3n) is 3.48. The molecule has 0 aliphatic rings. The third kappa shape index (κ3) is 2.49. The summed E-state index contributed by atoms with van der Waals surface area (Å²) >= 11 is 0. The molecule has 0 saturated heterocycles. The minimum Gasteiger partial charge on any atom is -0.340 e. The molecule has 0 aliphatic carbocycles. The molecule has 0 aliphatic heterocycles. The van der Waals surface area contributed by atoms with Crippen molar-refractivity contribution in [2.45, 2.75) is 25.7 Å². The number of aryl methyl sites for hydroxylation is 1. The molecule has 6 heteroatoms. The monoisotopic (exact) mass is 293 g/mol. The molecule has 1 aromatic carbocycles. The molecule has 3 rings (SSSR count). The number of hydrogen-bond acceptors (Lipinski definition) is 4. The number of rotatable bonds is 5. The molecule has 2 aromatic heterocycles. The number of Topliss-reactive ketones (excluding diaryl/α,β-unsaturated/α-hetero) is 1. The average Bonchev–Trinajstić information content (AvgIpc) is 3.14. The number of carbonyl (C=O) groups excluding carboxylic acids is 1. The lowest BCUT2D eigenvalue weighted by Crippen LogP contribution is -2.13. The molecule has 6 nitrogen and oxygen atoms in total. The second-order valence-corrected chi connectivity index (χ2v) is 5.09. The highest BCUT2D eigenvalue weighted by atomic mass is 16.1. The van der Waals surface area contributed by atoms with Crippen LogP contribution in [0.25, 0.3) is 11.0 Å². The number of imidazole rings is 1. The summed E-state index contributed by atoms with van der Waals surface area (Å²) in [6.45, 7) is 2.05. The third-order valence-corrected chi connectivity index (χ3v) is 3.48. The van der Waals surface area contributed by atoms with Gasteiger partial charge in [-0.25, -0.2) is 4.98 Å². The molecule has 0 fully saturated rings. The molecule has 0 bridgehead atoms. The molecule has 1 atom stereocenters. The molecule has 0 amide bonds. The number of aromatic nitrogens is 4. The van der Waals surface area contributed by atoms with Crippen LogP contribution >= 0.6 is 0 Å². The minimum absolute atomic E-state index is 0.274. The van der Waals surface area contributed by atoms with Gasteiger partial charge in [-0.1, -0.05) is 25.5 Å². The molecule has 1 unspecified atom stereocenters. The number of nitrogens with one attached hydrogen (secondary N) is 2. The lowest BCUT2D eigenvalue weighted by molar-refractivity contribution is 0.0971. The fraction of sp³-hybridized carbons (Fsp3) is 0.250. The average molecular weight is 293 g/mol. The maximum absolute atomic E-state index is 12.5. The van der Waals surface area contributed by atoms with E-state index in [0.717, 1.165) is 29.6 Å². The summed E-state index contributed by atoms with van der Waals surface area (Å²) in [4.78, 5) is 19.9. The van der Waals surface area contributed by atoms with Crippen molar-refractivity contribution < 1.29 is 4.79 Å². The normalized spacial score (nSPS) is 12.2. The zero-order valence-corrected chi connectivity index (χ0v) is 12.1. The van der Waals surface area contributed by atoms with Crippen molar-refractivity contribution in [1.29, 1.82) is 5.26 Å². The largest absolute Gasteiger partial charge is 0.340 e. The van der Waals surface area contributed by atoms with E-state index in [1.54, 1.807) is 6.07 Å². The summed E-state index contributed by atoms with van der Waals surface area (Å²) in [5.74, 6) is -0.973. The van der Waals surface area contributed by atoms with E-state index in [1.165, 1.54) is 0 Å². The first-order chi connectivity index (χ1) is 10.7. The molecule has 0 saturated carbocycles. The van der Waals surface area contributed by atoms with Gasteiger partial charge in [0, 0.05) is 5.69 Å². The van der Waals surface area contributed by atoms with Crippen LogP contribution in [0, 0.1) is 11.3 Å². The van der Waals surface area contributed by atoms with Gasteiger partial charge in [0.2, 0.25) is 5.78 Å². The van der Waals surface area contributed by atoms with Crippen molar-refractivity contribution in [3.05, 3.63) is 47.5 Å². The Bertz CT molecular complexity index is 822. The molecule has 110 valence electrons. The van der Waals surface area contributed by atoms with Gasteiger partial charge < -0.3 is 4.98 Å². The number of fused-ring (bicyclic) bond motifs is 1. The lowest BCUT2D eigenvalue weighted by Gasteiger charge is -2.01. The van der Waals surface area contributed by atoms with Gasteiger partial charge in [0.15, 0.2) is 5.92 Å². The number of ketones is 1. The predicted octanol–water partition coefficient (Wildman–Crippen LogP) is 2.73. The first kappa shape index (κ1) is 14.0. The van der Waals surface area contributed by atoms with Crippen molar-refractivity contribution in [2.75, 3.05) is 0 Å². The SMILES string of the molecule is CCCc1cc(C(=O)C(C#N)c2nc3ccccc3[nH]2)n[nH]1. The maximum atomic E-state index is 12.5. The van der Waals surface area contributed by atoms with Crippen LogP contribution < -0.4 is 0 Å². The smallest absolute Gasteiger partial charge is 0.207 e. The number of nitriles is 1. The summed E-state index contributed by atoms with van der Waals surface area (Å²) in [5.41, 5.74) is 2.71. The van der Waals surface area contributed by atoms with Gasteiger partial charge >= 0.3 is 0 Å². The van der Waals surface area contributed by atoms with E-state index in [4.69, 9.17) is 0 Å². The Morgan fingerprint density at radius 1 is 1.41 bits per heavy atom. The Morgan fingerprint density at radius 2 is 2.23 bits per heavy atom. The van der Waals surface area contributed by atoms with E-state index in [2.05, 4.69) is 27.1 Å². The second-order valence-electron chi connectivity index (χ2n) is 5.09. The van der Waals surface area contributed by atoms with E-state index in [-0.39, 0.29) is 11.5 Å². The van der Waals surface area contributed by atoms with Crippen LogP contribution in [0.4, 0.5) is 0 Å². The van der Waals surface area contributed by atoms with Crippen LogP contribution in [0.2, 0.25) is 0 Å². The summed E-state index contributed by atoms with van der Waals surface area (Å²) < 4.78 is 0. The highest BCUT2D eigenvalue weighted by Crippen LogP contribution is 2.21. The second kappa shape index (κ2) is 5.82. The Morgan fingerprint density at radius 3 is 2.95 bits per heavy atom. The zero-order valence-electron chi connectivity index (χ0n) is 12.1. The summed E-state index contributed by atoms with van der Waals surface area (Å²) in [5, 5.41) is 16.2. The van der Waals surface area contributed by atoms with Crippen molar-refractivity contribution in [3.8, 4) is 6.07 Å². The van der Waals surface area contributed by atoms with Crippen LogP contribution in [0.5, 0.6) is 0 Å². The van der Waals surface area contributed by atoms with Crippen molar-refractivity contribution in [1.82, 2.24) is 20.2 Å². The first-order valence-corrected chi connectivity index (χ1v) is 7.15. The van der Waals surface area contributed by atoms with Gasteiger partial charge in [-0.15, -0.1) is 0 Å². The topological polar surface area (TPSA) is 98.2 Å². The molecule has 0 spiro atoms. The molecule has 0 radical (unpaired) electrons. The maximum Gasteiger partial charge on any atom is 0.207 e. The van der Waals surface area contributed by atoms with Crippen LogP contribution in [0.1, 0.15) is 41.3 Å². The highest BCUT2D eigenvalue weighted by Gasteiger charge is 2.27. The molecule has 22 heavy (non-hydrogen) atoms. The minimum atomic E-state index is -0.981. The van der Waals surface area contributed by atoms with Crippen molar-refractivity contribution in [2.24, 2.45) is 0 Å². The van der Waals surface area contributed by atoms with Gasteiger partial charge in [0.1, 0.15) is 11.5 Å². The Labute approximate surface area is 127 Å². The molecule has 2 heterocycles. The molecular formula is C16H15N5O. The fourth-order valence-corrected chi connectivity index (χ4v) is 2.39. The Balaban J connectivity index is 1.92. The van der Waals surface area contributed by atoms with Gasteiger partial charge in [-0.05, 0) is 24.6 Å². The number of nitrogens with zero attached hydrogens (tertiary/aromatic N) is 3. The standard InChI is InChI=1S/C16H15N5O/c1-2-5-10-8-14(21-20-10)15(22)11(9-17)16-18-12-6-3-4-7-13(12)19-16/h3-4,6-8,11H,2,5H2,1H3,(H,18,19)(H,20,21). The predicted molar refractivity (Wildman–Crippen MR) is 81.4 cm³/mol. The van der Waals surface area contributed by atoms with Gasteiger partial charge in [-0.2, -0.15) is 10.4 Å². The Hall–Kier alpha value is -2.94. The summed E-state index contributed by atoms with van der Waals surface area (Å²) in [6, 6.07) is 11.2. The van der Waals surface area contributed by atoms with E-state index >= 15 is 0 Å². The van der Waals surface area contributed by atoms with Crippen molar-refractivity contribution in [3.63, 3.8) is 0 Å². The van der Waals surface area contributed by atoms with Gasteiger partial charge in [0.25, 0.3) is 0 Å². The number of para-hydroxylation sites is 2. The van der Waals surface area contributed by atoms with Crippen molar-refractivity contribution >= 4 is 16.8 Å².